The van der Waals surface area contributed by atoms with E-state index in [4.69, 9.17) is 0 Å². The van der Waals surface area contributed by atoms with E-state index in [1.54, 1.807) is 0 Å². The highest BCUT2D eigenvalue weighted by atomic mass is 15.2. The van der Waals surface area contributed by atoms with Crippen LogP contribution in [0.2, 0.25) is 0 Å². The van der Waals surface area contributed by atoms with E-state index in [1.165, 1.54) is 110 Å². The molecule has 0 aromatic carbocycles. The first kappa shape index (κ1) is 21.1. The Morgan fingerprint density at radius 2 is 1.29 bits per heavy atom. The number of piperidine rings is 4. The molecule has 4 rings (SSSR count). The molecule has 4 nitrogen and oxygen atoms in total. The molecule has 0 amide bonds. The van der Waals surface area contributed by atoms with Crippen molar-refractivity contribution >= 4 is 0 Å². The quantitative estimate of drug-likeness (QED) is 0.777. The molecular weight excluding hydrogens is 344 g/mol. The van der Waals surface area contributed by atoms with Crippen LogP contribution in [0, 0.1) is 17.8 Å². The van der Waals surface area contributed by atoms with Crippen LogP contribution >= 0.6 is 0 Å². The maximum absolute atomic E-state index is 3.51. The zero-order chi connectivity index (χ0) is 19.3. The number of nitrogens with zero attached hydrogens (tertiary/aromatic N) is 3. The molecule has 4 heterocycles. The minimum absolute atomic E-state index is 0.739. The second-order valence-corrected chi connectivity index (χ2v) is 10.6. The van der Waals surface area contributed by atoms with Crippen molar-refractivity contribution in [3.05, 3.63) is 0 Å². The van der Waals surface area contributed by atoms with Gasteiger partial charge in [-0.3, -0.25) is 0 Å². The summed E-state index contributed by atoms with van der Waals surface area (Å²) < 4.78 is 0. The second kappa shape index (κ2) is 10.2. The number of likely N-dealkylation sites (tertiary alicyclic amines) is 3. The molecule has 162 valence electrons. The summed E-state index contributed by atoms with van der Waals surface area (Å²) in [4.78, 5) is 8.34. The number of nitrogens with one attached hydrogen (secondary N) is 1. The third-order valence-electron chi connectivity index (χ3n) is 8.59. The van der Waals surface area contributed by atoms with Crippen LogP contribution in [-0.4, -0.2) is 85.7 Å². The van der Waals surface area contributed by atoms with E-state index in [9.17, 15) is 0 Å². The molecule has 0 atom stereocenters. The zero-order valence-electron chi connectivity index (χ0n) is 18.7. The van der Waals surface area contributed by atoms with Gasteiger partial charge >= 0.3 is 0 Å². The van der Waals surface area contributed by atoms with Gasteiger partial charge in [0.25, 0.3) is 0 Å². The molecule has 4 saturated heterocycles. The minimum atomic E-state index is 0.739. The molecule has 0 radical (unpaired) electrons. The van der Waals surface area contributed by atoms with E-state index in [-0.39, 0.29) is 0 Å². The first-order valence-electron chi connectivity index (χ1n) is 12.6. The van der Waals surface area contributed by atoms with E-state index >= 15 is 0 Å². The number of rotatable bonds is 5. The fraction of sp³-hybridized carbons (Fsp3) is 1.00. The molecule has 4 aliphatic heterocycles. The van der Waals surface area contributed by atoms with Crippen molar-refractivity contribution in [2.24, 2.45) is 17.8 Å². The SMILES string of the molecule is CC(C)N1CCC(C2CCN(C3CCN(CC4CCNCC4)CC3)CC2)CC1. The minimum Gasteiger partial charge on any atom is -0.317 e. The lowest BCUT2D eigenvalue weighted by Gasteiger charge is -2.45. The Morgan fingerprint density at radius 1 is 0.714 bits per heavy atom. The Kier molecular flexibility index (Phi) is 7.71. The monoisotopic (exact) mass is 390 g/mol. The van der Waals surface area contributed by atoms with Gasteiger partial charge in [-0.05, 0) is 135 Å². The molecule has 0 saturated carbocycles. The Labute approximate surface area is 174 Å². The van der Waals surface area contributed by atoms with Crippen LogP contribution in [0.15, 0.2) is 0 Å². The van der Waals surface area contributed by atoms with Gasteiger partial charge in [-0.2, -0.15) is 0 Å². The lowest BCUT2D eigenvalue weighted by Crippen LogP contribution is -2.50. The van der Waals surface area contributed by atoms with Crippen LogP contribution in [0.3, 0.4) is 0 Å². The van der Waals surface area contributed by atoms with Gasteiger partial charge in [0.15, 0.2) is 0 Å². The van der Waals surface area contributed by atoms with Crippen molar-refractivity contribution in [3.8, 4) is 0 Å². The van der Waals surface area contributed by atoms with Crippen molar-refractivity contribution in [1.82, 2.24) is 20.0 Å². The summed E-state index contributed by atoms with van der Waals surface area (Å²) in [5.74, 6) is 2.99. The molecule has 0 aromatic heterocycles. The zero-order valence-corrected chi connectivity index (χ0v) is 18.7. The Bertz CT molecular complexity index is 438. The van der Waals surface area contributed by atoms with Crippen molar-refractivity contribution in [2.75, 3.05) is 58.9 Å². The van der Waals surface area contributed by atoms with Gasteiger partial charge in [0, 0.05) is 18.6 Å². The summed E-state index contributed by atoms with van der Waals surface area (Å²) in [5, 5.41) is 3.51. The van der Waals surface area contributed by atoms with Crippen molar-refractivity contribution in [3.63, 3.8) is 0 Å². The molecule has 28 heavy (non-hydrogen) atoms. The molecule has 0 unspecified atom stereocenters. The summed E-state index contributed by atoms with van der Waals surface area (Å²) in [6.07, 6.45) is 11.5. The summed E-state index contributed by atoms with van der Waals surface area (Å²) in [6, 6.07) is 1.62. The molecule has 4 aliphatic rings. The molecular formula is C24H46N4. The van der Waals surface area contributed by atoms with Crippen molar-refractivity contribution < 1.29 is 0 Å². The normalized spacial score (nSPS) is 29.7. The van der Waals surface area contributed by atoms with Gasteiger partial charge in [-0.15, -0.1) is 0 Å². The van der Waals surface area contributed by atoms with Crippen LogP contribution in [0.4, 0.5) is 0 Å². The second-order valence-electron chi connectivity index (χ2n) is 10.6. The molecule has 0 bridgehead atoms. The third-order valence-corrected chi connectivity index (χ3v) is 8.59. The average molecular weight is 391 g/mol. The lowest BCUT2D eigenvalue weighted by atomic mass is 9.78. The van der Waals surface area contributed by atoms with Gasteiger partial charge in [0.05, 0.1) is 0 Å². The maximum atomic E-state index is 3.51. The van der Waals surface area contributed by atoms with E-state index in [2.05, 4.69) is 33.9 Å². The largest absolute Gasteiger partial charge is 0.317 e. The first-order valence-corrected chi connectivity index (χ1v) is 12.6. The topological polar surface area (TPSA) is 21.8 Å². The van der Waals surface area contributed by atoms with Crippen LogP contribution < -0.4 is 5.32 Å². The first-order chi connectivity index (χ1) is 13.7. The molecule has 0 aromatic rings. The Balaban J connectivity index is 1.14. The summed E-state index contributed by atoms with van der Waals surface area (Å²) >= 11 is 0. The van der Waals surface area contributed by atoms with Crippen molar-refractivity contribution in [2.45, 2.75) is 77.3 Å². The van der Waals surface area contributed by atoms with Gasteiger partial charge in [0.1, 0.15) is 0 Å². The maximum Gasteiger partial charge on any atom is 0.0120 e. The summed E-state index contributed by atoms with van der Waals surface area (Å²) in [5.41, 5.74) is 0. The fourth-order valence-electron chi connectivity index (χ4n) is 6.56. The highest BCUT2D eigenvalue weighted by molar-refractivity contribution is 4.87. The van der Waals surface area contributed by atoms with Gasteiger partial charge < -0.3 is 20.0 Å². The van der Waals surface area contributed by atoms with Gasteiger partial charge in [0.2, 0.25) is 0 Å². The lowest BCUT2D eigenvalue weighted by molar-refractivity contribution is 0.0441. The highest BCUT2D eigenvalue weighted by Crippen LogP contribution is 2.34. The fourth-order valence-corrected chi connectivity index (χ4v) is 6.56. The Morgan fingerprint density at radius 3 is 1.86 bits per heavy atom. The smallest absolute Gasteiger partial charge is 0.0120 e. The molecule has 4 fully saturated rings. The van der Waals surface area contributed by atoms with E-state index < -0.39 is 0 Å². The third kappa shape index (κ3) is 5.50. The predicted molar refractivity (Wildman–Crippen MR) is 119 cm³/mol. The molecule has 0 spiro atoms. The van der Waals surface area contributed by atoms with E-state index in [0.29, 0.717) is 0 Å². The molecule has 0 aliphatic carbocycles. The van der Waals surface area contributed by atoms with Gasteiger partial charge in [-0.25, -0.2) is 0 Å². The molecule has 1 N–H and O–H groups in total. The van der Waals surface area contributed by atoms with Crippen LogP contribution in [0.1, 0.15) is 65.2 Å². The summed E-state index contributed by atoms with van der Waals surface area (Å²) in [7, 11) is 0. The van der Waals surface area contributed by atoms with Crippen LogP contribution in [0.5, 0.6) is 0 Å². The van der Waals surface area contributed by atoms with E-state index in [1.807, 2.05) is 0 Å². The van der Waals surface area contributed by atoms with Gasteiger partial charge in [-0.1, -0.05) is 0 Å². The van der Waals surface area contributed by atoms with Crippen LogP contribution in [-0.2, 0) is 0 Å². The number of hydrogen-bond acceptors (Lipinski definition) is 4. The van der Waals surface area contributed by atoms with Crippen LogP contribution in [0.25, 0.3) is 0 Å². The average Bonchev–Trinajstić information content (AvgIpc) is 2.75. The molecule has 4 heteroatoms. The number of hydrogen-bond donors (Lipinski definition) is 1. The van der Waals surface area contributed by atoms with Crippen molar-refractivity contribution in [1.29, 1.82) is 0 Å². The predicted octanol–water partition coefficient (Wildman–Crippen LogP) is 3.28. The highest BCUT2D eigenvalue weighted by Gasteiger charge is 2.33. The summed E-state index contributed by atoms with van der Waals surface area (Å²) in [6.45, 7) is 16.7. The standard InChI is InChI=1S/C24H46N4/c1-20(2)27-15-5-22(6-16-27)23-7-17-28(18-8-23)24-9-13-26(14-10-24)19-21-3-11-25-12-4-21/h20-25H,3-19H2,1-2H3. The van der Waals surface area contributed by atoms with E-state index in [0.717, 1.165) is 29.8 Å². The Hall–Kier alpha value is -0.160.